The Bertz CT molecular complexity index is 531. The summed E-state index contributed by atoms with van der Waals surface area (Å²) in [5.41, 5.74) is 1.70. The van der Waals surface area contributed by atoms with Crippen molar-refractivity contribution in [2.24, 2.45) is 5.92 Å². The fourth-order valence-corrected chi connectivity index (χ4v) is 3.75. The van der Waals surface area contributed by atoms with Crippen molar-refractivity contribution in [3.63, 3.8) is 0 Å². The maximum Gasteiger partial charge on any atom is 0.341 e. The fraction of sp³-hybridized carbons (Fsp3) is 0.571. The quantitative estimate of drug-likeness (QED) is 0.862. The summed E-state index contributed by atoms with van der Waals surface area (Å²) in [5, 5.41) is 3.61. The third-order valence-electron chi connectivity index (χ3n) is 3.59. The van der Waals surface area contributed by atoms with Gasteiger partial charge in [0.2, 0.25) is 5.91 Å². The monoisotopic (exact) mass is 279 g/mol. The van der Waals surface area contributed by atoms with Gasteiger partial charge in [-0.15, -0.1) is 11.3 Å². The van der Waals surface area contributed by atoms with Gasteiger partial charge in [0.25, 0.3) is 0 Å². The third kappa shape index (κ3) is 2.39. The molecule has 0 aliphatic heterocycles. The van der Waals surface area contributed by atoms with E-state index in [1.807, 2.05) is 0 Å². The van der Waals surface area contributed by atoms with Gasteiger partial charge in [0.1, 0.15) is 5.00 Å². The second-order valence-corrected chi connectivity index (χ2v) is 6.15. The Morgan fingerprint density at radius 1 is 1.37 bits per heavy atom. The minimum absolute atomic E-state index is 0.0467. The van der Waals surface area contributed by atoms with Crippen LogP contribution in [-0.4, -0.2) is 18.5 Å². The van der Waals surface area contributed by atoms with Crippen LogP contribution in [0.2, 0.25) is 0 Å². The molecule has 0 bridgehead atoms. The number of carbonyl (C=O) groups excluding carboxylic acids is 2. The standard InChI is InChI=1S/C14H17NO3S/c1-2-18-14(17)11-9-4-3-5-10(9)19-13(11)15-12(16)8-6-7-8/h8H,2-7H2,1H3,(H,15,16). The van der Waals surface area contributed by atoms with Crippen molar-refractivity contribution in [1.82, 2.24) is 0 Å². The van der Waals surface area contributed by atoms with Crippen molar-refractivity contribution in [1.29, 1.82) is 0 Å². The highest BCUT2D eigenvalue weighted by Crippen LogP contribution is 2.40. The lowest BCUT2D eigenvalue weighted by Crippen LogP contribution is -2.16. The molecule has 1 saturated carbocycles. The summed E-state index contributed by atoms with van der Waals surface area (Å²) in [6.45, 7) is 2.16. The van der Waals surface area contributed by atoms with Crippen LogP contribution < -0.4 is 5.32 Å². The number of hydrogen-bond acceptors (Lipinski definition) is 4. The molecular formula is C14H17NO3S. The van der Waals surface area contributed by atoms with E-state index in [2.05, 4.69) is 5.32 Å². The molecular weight excluding hydrogens is 262 g/mol. The van der Waals surface area contributed by atoms with Gasteiger partial charge in [0, 0.05) is 10.8 Å². The van der Waals surface area contributed by atoms with Crippen LogP contribution in [0.25, 0.3) is 0 Å². The zero-order valence-electron chi connectivity index (χ0n) is 11.0. The summed E-state index contributed by atoms with van der Waals surface area (Å²) in [7, 11) is 0. The molecule has 4 nitrogen and oxygen atoms in total. The Balaban J connectivity index is 1.89. The van der Waals surface area contributed by atoms with E-state index in [0.29, 0.717) is 17.2 Å². The van der Waals surface area contributed by atoms with Gasteiger partial charge in [0.15, 0.2) is 0 Å². The van der Waals surface area contributed by atoms with Crippen molar-refractivity contribution in [2.75, 3.05) is 11.9 Å². The zero-order valence-corrected chi connectivity index (χ0v) is 11.8. The molecule has 1 fully saturated rings. The Kier molecular flexibility index (Phi) is 3.31. The molecule has 0 radical (unpaired) electrons. The maximum atomic E-state index is 12.1. The minimum Gasteiger partial charge on any atom is -0.462 e. The molecule has 1 heterocycles. The molecule has 2 aliphatic rings. The van der Waals surface area contributed by atoms with Crippen LogP contribution in [-0.2, 0) is 22.4 Å². The molecule has 0 aromatic carbocycles. The Morgan fingerprint density at radius 2 is 2.16 bits per heavy atom. The summed E-state index contributed by atoms with van der Waals surface area (Å²) < 4.78 is 5.13. The number of rotatable bonds is 4. The summed E-state index contributed by atoms with van der Waals surface area (Å²) >= 11 is 1.54. The van der Waals surface area contributed by atoms with Crippen LogP contribution in [0.3, 0.4) is 0 Å². The highest BCUT2D eigenvalue weighted by atomic mass is 32.1. The molecule has 1 amide bonds. The maximum absolute atomic E-state index is 12.1. The average Bonchev–Trinajstić information content (AvgIpc) is 3.04. The minimum atomic E-state index is -0.298. The summed E-state index contributed by atoms with van der Waals surface area (Å²) in [6.07, 6.45) is 4.94. The van der Waals surface area contributed by atoms with Crippen LogP contribution in [0.5, 0.6) is 0 Å². The molecule has 0 atom stereocenters. The number of esters is 1. The number of amides is 1. The average molecular weight is 279 g/mol. The van der Waals surface area contributed by atoms with Gasteiger partial charge in [-0.1, -0.05) is 0 Å². The predicted octanol–water partition coefficient (Wildman–Crippen LogP) is 2.76. The van der Waals surface area contributed by atoms with Crippen LogP contribution in [0.1, 0.15) is 47.0 Å². The Morgan fingerprint density at radius 3 is 2.84 bits per heavy atom. The summed E-state index contributed by atoms with van der Waals surface area (Å²) in [5.74, 6) is -0.106. The number of aryl methyl sites for hydroxylation is 1. The van der Waals surface area contributed by atoms with Crippen molar-refractivity contribution >= 4 is 28.2 Å². The molecule has 2 aliphatic carbocycles. The summed E-state index contributed by atoms with van der Waals surface area (Å²) in [4.78, 5) is 25.2. The lowest BCUT2D eigenvalue weighted by molar-refractivity contribution is -0.117. The number of anilines is 1. The Labute approximate surface area is 116 Å². The summed E-state index contributed by atoms with van der Waals surface area (Å²) in [6, 6.07) is 0. The molecule has 3 rings (SSSR count). The lowest BCUT2D eigenvalue weighted by Gasteiger charge is -2.07. The molecule has 1 N–H and O–H groups in total. The van der Waals surface area contributed by atoms with Crippen molar-refractivity contribution < 1.29 is 14.3 Å². The lowest BCUT2D eigenvalue weighted by atomic mass is 10.1. The molecule has 1 aromatic rings. The Hall–Kier alpha value is -1.36. The van der Waals surface area contributed by atoms with Gasteiger partial charge in [-0.3, -0.25) is 4.79 Å². The molecule has 0 saturated heterocycles. The van der Waals surface area contributed by atoms with Crippen LogP contribution >= 0.6 is 11.3 Å². The van der Waals surface area contributed by atoms with Crippen LogP contribution in [0.4, 0.5) is 5.00 Å². The van der Waals surface area contributed by atoms with E-state index < -0.39 is 0 Å². The van der Waals surface area contributed by atoms with Crippen molar-refractivity contribution in [3.05, 3.63) is 16.0 Å². The molecule has 102 valence electrons. The first kappa shape index (κ1) is 12.7. The number of thiophene rings is 1. The van der Waals surface area contributed by atoms with Gasteiger partial charge in [0.05, 0.1) is 12.2 Å². The second-order valence-electron chi connectivity index (χ2n) is 5.05. The van der Waals surface area contributed by atoms with E-state index in [0.717, 1.165) is 37.7 Å². The van der Waals surface area contributed by atoms with Gasteiger partial charge in [-0.05, 0) is 44.6 Å². The zero-order chi connectivity index (χ0) is 13.4. The van der Waals surface area contributed by atoms with E-state index >= 15 is 0 Å². The van der Waals surface area contributed by atoms with Gasteiger partial charge >= 0.3 is 5.97 Å². The topological polar surface area (TPSA) is 55.4 Å². The number of fused-ring (bicyclic) bond motifs is 1. The molecule has 5 heteroatoms. The largest absolute Gasteiger partial charge is 0.462 e. The smallest absolute Gasteiger partial charge is 0.341 e. The van der Waals surface area contributed by atoms with E-state index in [4.69, 9.17) is 4.74 Å². The fourth-order valence-electron chi connectivity index (χ4n) is 2.47. The SMILES string of the molecule is CCOC(=O)c1c(NC(=O)C2CC2)sc2c1CCC2. The van der Waals surface area contributed by atoms with Crippen molar-refractivity contribution in [3.8, 4) is 0 Å². The normalized spacial score (nSPS) is 17.1. The van der Waals surface area contributed by atoms with E-state index in [1.165, 1.54) is 4.88 Å². The van der Waals surface area contributed by atoms with E-state index in [9.17, 15) is 9.59 Å². The van der Waals surface area contributed by atoms with Gasteiger partial charge in [-0.2, -0.15) is 0 Å². The number of hydrogen-bond donors (Lipinski definition) is 1. The third-order valence-corrected chi connectivity index (χ3v) is 4.79. The molecule has 19 heavy (non-hydrogen) atoms. The number of nitrogens with one attached hydrogen (secondary N) is 1. The number of ether oxygens (including phenoxy) is 1. The van der Waals surface area contributed by atoms with Crippen LogP contribution in [0.15, 0.2) is 0 Å². The van der Waals surface area contributed by atoms with Crippen LogP contribution in [0, 0.1) is 5.92 Å². The predicted molar refractivity (Wildman–Crippen MR) is 73.7 cm³/mol. The molecule has 0 spiro atoms. The highest BCUT2D eigenvalue weighted by Gasteiger charge is 2.33. The molecule has 1 aromatic heterocycles. The van der Waals surface area contributed by atoms with Crippen molar-refractivity contribution in [2.45, 2.75) is 39.0 Å². The first-order chi connectivity index (χ1) is 9.20. The van der Waals surface area contributed by atoms with Gasteiger partial charge in [-0.25, -0.2) is 4.79 Å². The van der Waals surface area contributed by atoms with E-state index in [1.54, 1.807) is 18.3 Å². The first-order valence-corrected chi connectivity index (χ1v) is 7.65. The highest BCUT2D eigenvalue weighted by molar-refractivity contribution is 7.17. The van der Waals surface area contributed by atoms with Gasteiger partial charge < -0.3 is 10.1 Å². The molecule has 0 unspecified atom stereocenters. The number of carbonyl (C=O) groups is 2. The first-order valence-electron chi connectivity index (χ1n) is 6.83. The second kappa shape index (κ2) is 4.96. The van der Waals surface area contributed by atoms with E-state index in [-0.39, 0.29) is 17.8 Å².